The topological polar surface area (TPSA) is 83.5 Å². The molecular weight excluding hydrogens is 350 g/mol. The predicted octanol–water partition coefficient (Wildman–Crippen LogP) is 3.16. The summed E-state index contributed by atoms with van der Waals surface area (Å²) < 4.78 is 12.7. The van der Waals surface area contributed by atoms with Crippen molar-refractivity contribution < 1.29 is 18.9 Å². The van der Waals surface area contributed by atoms with Crippen LogP contribution in [0.25, 0.3) is 0 Å². The van der Waals surface area contributed by atoms with Gasteiger partial charge in [-0.2, -0.15) is 0 Å². The first kappa shape index (κ1) is 19.8. The minimum absolute atomic E-state index is 0.216. The summed E-state index contributed by atoms with van der Waals surface area (Å²) in [7, 11) is -1.83. The van der Waals surface area contributed by atoms with E-state index in [0.29, 0.717) is 12.1 Å². The molecule has 0 saturated carbocycles. The number of carbonyl (C=O) groups is 2. The van der Waals surface area contributed by atoms with Crippen molar-refractivity contribution >= 4 is 28.4 Å². The van der Waals surface area contributed by atoms with Crippen LogP contribution >= 0.6 is 0 Å². The number of carboxylic acids is 1. The van der Waals surface area contributed by atoms with Gasteiger partial charge in [-0.3, -0.25) is 13.8 Å². The normalized spacial score (nSPS) is 14.2. The number of para-hydroxylation sites is 1. The molecule has 2 rings (SSSR count). The van der Waals surface area contributed by atoms with Gasteiger partial charge in [0.2, 0.25) is 5.91 Å². The van der Waals surface area contributed by atoms with E-state index in [1.807, 2.05) is 37.3 Å². The van der Waals surface area contributed by atoms with Crippen LogP contribution in [-0.4, -0.2) is 31.7 Å². The fraction of sp³-hybridized carbons (Fsp3) is 0.300. The van der Waals surface area contributed by atoms with Crippen molar-refractivity contribution in [3.63, 3.8) is 0 Å². The van der Waals surface area contributed by atoms with Gasteiger partial charge < -0.3 is 10.4 Å². The molecule has 0 bridgehead atoms. The average Bonchev–Trinajstić information content (AvgIpc) is 2.63. The second kappa shape index (κ2) is 9.29. The second-order valence-corrected chi connectivity index (χ2v) is 8.11. The molecule has 0 radical (unpaired) electrons. The van der Waals surface area contributed by atoms with Gasteiger partial charge in [-0.15, -0.1) is 0 Å². The minimum atomic E-state index is -1.83. The van der Waals surface area contributed by atoms with E-state index in [1.165, 1.54) is 6.92 Å². The number of aliphatic carboxylic acids is 1. The lowest BCUT2D eigenvalue weighted by Crippen LogP contribution is -2.38. The second-order valence-electron chi connectivity index (χ2n) is 6.18. The van der Waals surface area contributed by atoms with Crippen molar-refractivity contribution in [2.75, 3.05) is 5.32 Å². The summed E-state index contributed by atoms with van der Waals surface area (Å²) in [5.74, 6) is -1.59. The Bertz CT molecular complexity index is 774. The molecule has 0 aliphatic carbocycles. The highest BCUT2D eigenvalue weighted by Crippen LogP contribution is 2.15. The van der Waals surface area contributed by atoms with Crippen LogP contribution in [-0.2, 0) is 26.8 Å². The fourth-order valence-corrected chi connectivity index (χ4v) is 3.82. The first-order chi connectivity index (χ1) is 12.4. The van der Waals surface area contributed by atoms with E-state index < -0.39 is 33.2 Å². The van der Waals surface area contributed by atoms with Crippen LogP contribution in [0.3, 0.4) is 0 Å². The van der Waals surface area contributed by atoms with Gasteiger partial charge in [-0.05, 0) is 44.4 Å². The Balaban J connectivity index is 2.00. The van der Waals surface area contributed by atoms with Crippen LogP contribution in [0, 0.1) is 6.92 Å². The summed E-state index contributed by atoms with van der Waals surface area (Å²) >= 11 is 0. The van der Waals surface area contributed by atoms with E-state index in [1.54, 1.807) is 24.3 Å². The quantitative estimate of drug-likeness (QED) is 0.744. The van der Waals surface area contributed by atoms with Crippen molar-refractivity contribution in [2.45, 2.75) is 37.2 Å². The molecular formula is C20H23NO4S. The molecule has 0 aliphatic heterocycles. The van der Waals surface area contributed by atoms with Crippen LogP contribution in [0.4, 0.5) is 5.69 Å². The molecule has 0 saturated heterocycles. The van der Waals surface area contributed by atoms with Crippen molar-refractivity contribution in [1.82, 2.24) is 0 Å². The number of anilines is 1. The molecule has 2 aromatic rings. The van der Waals surface area contributed by atoms with E-state index >= 15 is 0 Å². The third kappa shape index (κ3) is 5.52. The highest BCUT2D eigenvalue weighted by molar-refractivity contribution is 7.87. The van der Waals surface area contributed by atoms with Gasteiger partial charge in [0.15, 0.2) is 0 Å². The zero-order valence-electron chi connectivity index (χ0n) is 14.8. The monoisotopic (exact) mass is 373 g/mol. The van der Waals surface area contributed by atoms with Crippen LogP contribution < -0.4 is 5.32 Å². The van der Waals surface area contributed by atoms with Crippen LogP contribution in [0.2, 0.25) is 0 Å². The SMILES string of the molecule is Cc1ccc(CCC(C(=O)O)S(=O)C(C)C(=O)Nc2ccccc2)cc1. The van der Waals surface area contributed by atoms with Gasteiger partial charge in [0, 0.05) is 16.5 Å². The fourth-order valence-electron chi connectivity index (χ4n) is 2.51. The van der Waals surface area contributed by atoms with E-state index in [4.69, 9.17) is 0 Å². The predicted molar refractivity (Wildman–Crippen MR) is 104 cm³/mol. The third-order valence-electron chi connectivity index (χ3n) is 4.13. The molecule has 2 N–H and O–H groups in total. The molecule has 0 heterocycles. The Kier molecular flexibility index (Phi) is 7.09. The van der Waals surface area contributed by atoms with Gasteiger partial charge in [-0.25, -0.2) is 0 Å². The molecule has 5 nitrogen and oxygen atoms in total. The largest absolute Gasteiger partial charge is 0.480 e. The zero-order chi connectivity index (χ0) is 19.1. The Morgan fingerprint density at radius 1 is 1.08 bits per heavy atom. The molecule has 0 aromatic heterocycles. The first-order valence-corrected chi connectivity index (χ1v) is 9.69. The molecule has 0 fully saturated rings. The van der Waals surface area contributed by atoms with Gasteiger partial charge in [0.1, 0.15) is 10.5 Å². The molecule has 3 unspecified atom stereocenters. The molecule has 138 valence electrons. The lowest BCUT2D eigenvalue weighted by Gasteiger charge is -2.17. The summed E-state index contributed by atoms with van der Waals surface area (Å²) in [6, 6.07) is 16.6. The maximum Gasteiger partial charge on any atom is 0.319 e. The number of carboxylic acid groups (broad SMARTS) is 1. The molecule has 2 aromatic carbocycles. The lowest BCUT2D eigenvalue weighted by molar-refractivity contribution is -0.136. The van der Waals surface area contributed by atoms with Crippen LogP contribution in [0.15, 0.2) is 54.6 Å². The lowest BCUT2D eigenvalue weighted by atomic mass is 10.1. The molecule has 0 spiro atoms. The summed E-state index contributed by atoms with van der Waals surface area (Å²) in [4.78, 5) is 23.9. The maximum atomic E-state index is 12.7. The number of hydrogen-bond donors (Lipinski definition) is 2. The maximum absolute atomic E-state index is 12.7. The Hall–Kier alpha value is -2.47. The Morgan fingerprint density at radius 2 is 1.69 bits per heavy atom. The molecule has 3 atom stereocenters. The number of carbonyl (C=O) groups excluding carboxylic acids is 1. The highest BCUT2D eigenvalue weighted by atomic mass is 32.2. The molecule has 0 aliphatic rings. The number of hydrogen-bond acceptors (Lipinski definition) is 3. The zero-order valence-corrected chi connectivity index (χ0v) is 15.7. The number of amides is 1. The van der Waals surface area contributed by atoms with Crippen molar-refractivity contribution in [1.29, 1.82) is 0 Å². The van der Waals surface area contributed by atoms with Crippen molar-refractivity contribution in [2.24, 2.45) is 0 Å². The highest BCUT2D eigenvalue weighted by Gasteiger charge is 2.32. The summed E-state index contributed by atoms with van der Waals surface area (Å²) in [5.41, 5.74) is 2.70. The number of aryl methyl sites for hydroxylation is 2. The summed E-state index contributed by atoms with van der Waals surface area (Å²) in [6.07, 6.45) is 0.712. The van der Waals surface area contributed by atoms with Crippen LogP contribution in [0.5, 0.6) is 0 Å². The van der Waals surface area contributed by atoms with E-state index in [9.17, 15) is 18.9 Å². The van der Waals surface area contributed by atoms with Gasteiger partial charge >= 0.3 is 5.97 Å². The third-order valence-corrected chi connectivity index (χ3v) is 6.04. The molecule has 26 heavy (non-hydrogen) atoms. The van der Waals surface area contributed by atoms with E-state index in [0.717, 1.165) is 11.1 Å². The first-order valence-electron chi connectivity index (χ1n) is 8.42. The van der Waals surface area contributed by atoms with Gasteiger partial charge in [0.25, 0.3) is 0 Å². The summed E-state index contributed by atoms with van der Waals surface area (Å²) in [5, 5.41) is 10.1. The van der Waals surface area contributed by atoms with Crippen molar-refractivity contribution in [3.05, 3.63) is 65.7 Å². The Labute approximate surface area is 155 Å². The number of benzene rings is 2. The number of nitrogens with one attached hydrogen (secondary N) is 1. The Morgan fingerprint density at radius 3 is 2.27 bits per heavy atom. The van der Waals surface area contributed by atoms with E-state index in [2.05, 4.69) is 5.32 Å². The van der Waals surface area contributed by atoms with Crippen molar-refractivity contribution in [3.8, 4) is 0 Å². The van der Waals surface area contributed by atoms with Gasteiger partial charge in [-0.1, -0.05) is 48.0 Å². The smallest absolute Gasteiger partial charge is 0.319 e. The standard InChI is InChI=1S/C20H23NO4S/c1-14-8-10-16(11-9-14)12-13-18(20(23)24)26(25)15(2)19(22)21-17-6-4-3-5-7-17/h3-11,15,18H,12-13H2,1-2H3,(H,21,22)(H,23,24). The minimum Gasteiger partial charge on any atom is -0.480 e. The van der Waals surface area contributed by atoms with E-state index in [-0.39, 0.29) is 6.42 Å². The van der Waals surface area contributed by atoms with Crippen LogP contribution in [0.1, 0.15) is 24.5 Å². The molecule has 1 amide bonds. The molecule has 6 heteroatoms. The summed E-state index contributed by atoms with van der Waals surface area (Å²) in [6.45, 7) is 3.47. The average molecular weight is 373 g/mol. The number of rotatable bonds is 8. The van der Waals surface area contributed by atoms with Gasteiger partial charge in [0.05, 0.1) is 0 Å².